The fourth-order valence-electron chi connectivity index (χ4n) is 1.64. The molecule has 1 amide bonds. The third-order valence-electron chi connectivity index (χ3n) is 2.70. The molecule has 1 rings (SSSR count). The van der Waals surface area contributed by atoms with Crippen molar-refractivity contribution in [3.63, 3.8) is 0 Å². The van der Waals surface area contributed by atoms with E-state index < -0.39 is 0 Å². The molecule has 3 nitrogen and oxygen atoms in total. The molecule has 0 bridgehead atoms. The van der Waals surface area contributed by atoms with Crippen LogP contribution < -0.4 is 0 Å². The fourth-order valence-corrected chi connectivity index (χ4v) is 1.84. The number of carbonyl (C=O) groups excluding carboxylic acids is 1. The Morgan fingerprint density at radius 2 is 2.05 bits per heavy atom. The molecule has 0 N–H and O–H groups in total. The number of carbonyl (C=O) groups is 1. The van der Waals surface area contributed by atoms with E-state index in [4.69, 9.17) is 16.3 Å². The van der Waals surface area contributed by atoms with Gasteiger partial charge in [0.15, 0.2) is 0 Å². The Balaban J connectivity index is 2.35. The number of ether oxygens (including phenoxy) is 1. The van der Waals surface area contributed by atoms with E-state index in [2.05, 4.69) is 13.8 Å². The molecular weight excluding hydrogens is 262 g/mol. The predicted molar refractivity (Wildman–Crippen MR) is 78.2 cm³/mol. The van der Waals surface area contributed by atoms with E-state index in [9.17, 15) is 4.79 Å². The molecule has 1 aromatic carbocycles. The summed E-state index contributed by atoms with van der Waals surface area (Å²) in [7, 11) is 1.79. The summed E-state index contributed by atoms with van der Waals surface area (Å²) in [6, 6.07) is 7.57. The average molecular weight is 284 g/mol. The van der Waals surface area contributed by atoms with Gasteiger partial charge >= 0.3 is 0 Å². The highest BCUT2D eigenvalue weighted by Gasteiger charge is 2.10. The first kappa shape index (κ1) is 16.0. The topological polar surface area (TPSA) is 29.5 Å². The molecular formula is C15H22ClNO2. The first-order chi connectivity index (χ1) is 9.00. The van der Waals surface area contributed by atoms with Crippen LogP contribution in [0, 0.1) is 5.92 Å². The summed E-state index contributed by atoms with van der Waals surface area (Å²) in [6.07, 6.45) is 0.410. The Hall–Kier alpha value is -1.06. The summed E-state index contributed by atoms with van der Waals surface area (Å²) in [6.45, 7) is 5.88. The molecule has 0 atom stereocenters. The van der Waals surface area contributed by atoms with Gasteiger partial charge in [-0.1, -0.05) is 43.6 Å². The number of halogens is 1. The normalized spacial score (nSPS) is 10.8. The predicted octanol–water partition coefficient (Wildman–Crippen LogP) is 3.36. The second-order valence-corrected chi connectivity index (χ2v) is 5.47. The maximum absolute atomic E-state index is 11.9. The highest BCUT2D eigenvalue weighted by atomic mass is 35.5. The maximum atomic E-state index is 11.9. The summed E-state index contributed by atoms with van der Waals surface area (Å²) in [5, 5.41) is 0.693. The number of hydrogen-bond donors (Lipinski definition) is 0. The molecule has 0 heterocycles. The van der Waals surface area contributed by atoms with E-state index in [0.717, 1.165) is 5.56 Å². The van der Waals surface area contributed by atoms with Crippen LogP contribution in [0.2, 0.25) is 5.02 Å². The van der Waals surface area contributed by atoms with Gasteiger partial charge in [-0.15, -0.1) is 0 Å². The van der Waals surface area contributed by atoms with Crippen molar-refractivity contribution in [3.8, 4) is 0 Å². The number of nitrogens with zero attached hydrogens (tertiary/aromatic N) is 1. The van der Waals surface area contributed by atoms with E-state index in [1.807, 2.05) is 24.3 Å². The highest BCUT2D eigenvalue weighted by molar-refractivity contribution is 6.31. The Morgan fingerprint density at radius 1 is 1.37 bits per heavy atom. The lowest BCUT2D eigenvalue weighted by Crippen LogP contribution is -2.27. The van der Waals surface area contributed by atoms with Gasteiger partial charge in [0.1, 0.15) is 0 Å². The van der Waals surface area contributed by atoms with E-state index in [1.54, 1.807) is 11.9 Å². The summed E-state index contributed by atoms with van der Waals surface area (Å²) in [5.41, 5.74) is 0.961. The third kappa shape index (κ3) is 6.08. The zero-order valence-corrected chi connectivity index (χ0v) is 12.6. The van der Waals surface area contributed by atoms with Gasteiger partial charge in [0.25, 0.3) is 0 Å². The molecule has 0 saturated carbocycles. The molecule has 1 aromatic rings. The summed E-state index contributed by atoms with van der Waals surface area (Å²) in [5.74, 6) is 0.569. The summed E-state index contributed by atoms with van der Waals surface area (Å²) < 4.78 is 5.42. The van der Waals surface area contributed by atoms with Crippen LogP contribution in [0.25, 0.3) is 0 Å². The average Bonchev–Trinajstić information content (AvgIpc) is 2.36. The molecule has 0 fully saturated rings. The smallest absolute Gasteiger partial charge is 0.224 e. The Morgan fingerprint density at radius 3 is 2.68 bits per heavy atom. The summed E-state index contributed by atoms with van der Waals surface area (Å²) in [4.78, 5) is 13.6. The van der Waals surface area contributed by atoms with Crippen LogP contribution in [-0.2, 0) is 16.1 Å². The van der Waals surface area contributed by atoms with Crippen LogP contribution in [0.3, 0.4) is 0 Å². The number of rotatable bonds is 7. The Kier molecular flexibility index (Phi) is 6.89. The van der Waals surface area contributed by atoms with Gasteiger partial charge in [-0.3, -0.25) is 4.79 Å². The van der Waals surface area contributed by atoms with Gasteiger partial charge in [-0.05, 0) is 17.5 Å². The Labute approximate surface area is 120 Å². The van der Waals surface area contributed by atoms with Crippen LogP contribution >= 0.6 is 11.6 Å². The van der Waals surface area contributed by atoms with Crippen molar-refractivity contribution in [1.29, 1.82) is 0 Å². The van der Waals surface area contributed by atoms with Crippen LogP contribution in [0.1, 0.15) is 25.8 Å². The number of benzene rings is 1. The maximum Gasteiger partial charge on any atom is 0.224 e. The van der Waals surface area contributed by atoms with Crippen molar-refractivity contribution in [1.82, 2.24) is 4.90 Å². The molecule has 0 aromatic heterocycles. The van der Waals surface area contributed by atoms with Gasteiger partial charge in [-0.25, -0.2) is 0 Å². The minimum absolute atomic E-state index is 0.0728. The van der Waals surface area contributed by atoms with Crippen molar-refractivity contribution < 1.29 is 9.53 Å². The van der Waals surface area contributed by atoms with Gasteiger partial charge in [-0.2, -0.15) is 0 Å². The number of hydrogen-bond acceptors (Lipinski definition) is 2. The van der Waals surface area contributed by atoms with Crippen LogP contribution in [-0.4, -0.2) is 31.1 Å². The largest absolute Gasteiger partial charge is 0.381 e. The minimum atomic E-state index is 0.0728. The van der Waals surface area contributed by atoms with Crippen molar-refractivity contribution in [2.45, 2.75) is 26.8 Å². The van der Waals surface area contributed by atoms with Crippen LogP contribution in [0.4, 0.5) is 0 Å². The van der Waals surface area contributed by atoms with Gasteiger partial charge in [0, 0.05) is 25.2 Å². The number of amides is 1. The van der Waals surface area contributed by atoms with Crippen LogP contribution in [0.5, 0.6) is 0 Å². The van der Waals surface area contributed by atoms with E-state index in [0.29, 0.717) is 37.1 Å². The van der Waals surface area contributed by atoms with E-state index >= 15 is 0 Å². The highest BCUT2D eigenvalue weighted by Crippen LogP contribution is 2.16. The quantitative estimate of drug-likeness (QED) is 0.718. The molecule has 0 saturated heterocycles. The minimum Gasteiger partial charge on any atom is -0.381 e. The first-order valence-electron chi connectivity index (χ1n) is 6.55. The molecule has 0 radical (unpaired) electrons. The van der Waals surface area contributed by atoms with Crippen molar-refractivity contribution in [3.05, 3.63) is 34.9 Å². The molecule has 0 aliphatic carbocycles. The van der Waals surface area contributed by atoms with E-state index in [1.165, 1.54) is 0 Å². The monoisotopic (exact) mass is 283 g/mol. The molecule has 0 unspecified atom stereocenters. The fraction of sp³-hybridized carbons (Fsp3) is 0.533. The zero-order chi connectivity index (χ0) is 14.3. The van der Waals surface area contributed by atoms with E-state index in [-0.39, 0.29) is 5.91 Å². The van der Waals surface area contributed by atoms with Crippen molar-refractivity contribution in [2.24, 2.45) is 5.92 Å². The van der Waals surface area contributed by atoms with Gasteiger partial charge < -0.3 is 9.64 Å². The molecule has 0 aliphatic heterocycles. The lowest BCUT2D eigenvalue weighted by atomic mass is 10.2. The third-order valence-corrected chi connectivity index (χ3v) is 3.07. The van der Waals surface area contributed by atoms with Gasteiger partial charge in [0.05, 0.1) is 13.0 Å². The lowest BCUT2D eigenvalue weighted by molar-refractivity contribution is -0.131. The van der Waals surface area contributed by atoms with Crippen molar-refractivity contribution >= 4 is 17.5 Å². The van der Waals surface area contributed by atoms with Crippen molar-refractivity contribution in [2.75, 3.05) is 20.3 Å². The summed E-state index contributed by atoms with van der Waals surface area (Å²) >= 11 is 6.07. The molecule has 4 heteroatoms. The molecule has 0 aliphatic rings. The zero-order valence-electron chi connectivity index (χ0n) is 11.9. The molecule has 106 valence electrons. The second-order valence-electron chi connectivity index (χ2n) is 5.06. The first-order valence-corrected chi connectivity index (χ1v) is 6.93. The Bertz CT molecular complexity index is 407. The van der Waals surface area contributed by atoms with Crippen LogP contribution in [0.15, 0.2) is 24.3 Å². The standard InChI is InChI=1S/C15H22ClNO2/c1-12(2)11-19-9-8-15(18)17(3)10-13-6-4-5-7-14(13)16/h4-7,12H,8-11H2,1-3H3. The molecule has 0 spiro atoms. The van der Waals surface area contributed by atoms with Gasteiger partial charge in [0.2, 0.25) is 5.91 Å². The second kappa shape index (κ2) is 8.18. The lowest BCUT2D eigenvalue weighted by Gasteiger charge is -2.18. The SMILES string of the molecule is CC(C)COCCC(=O)N(C)Cc1ccccc1Cl. The molecule has 19 heavy (non-hydrogen) atoms.